The second-order valence-electron chi connectivity index (χ2n) is 2.31. The van der Waals surface area contributed by atoms with Crippen LogP contribution in [0.25, 0.3) is 0 Å². The van der Waals surface area contributed by atoms with Crippen LogP contribution in [-0.4, -0.2) is 30.7 Å². The Morgan fingerprint density at radius 3 is 2.70 bits per heavy atom. The summed E-state index contributed by atoms with van der Waals surface area (Å²) in [5.41, 5.74) is 0. The third-order valence-corrected chi connectivity index (χ3v) is 1.30. The maximum atomic E-state index is 10.6. The highest BCUT2D eigenvalue weighted by Crippen LogP contribution is 1.95. The predicted octanol–water partition coefficient (Wildman–Crippen LogP) is 0.220. The van der Waals surface area contributed by atoms with E-state index in [2.05, 4.69) is 0 Å². The third-order valence-electron chi connectivity index (χ3n) is 1.30. The Labute approximate surface area is 61.0 Å². The molecule has 1 unspecified atom stereocenters. The molecule has 0 saturated carbocycles. The zero-order valence-corrected chi connectivity index (χ0v) is 6.46. The van der Waals surface area contributed by atoms with Gasteiger partial charge in [-0.05, 0) is 6.92 Å². The van der Waals surface area contributed by atoms with Crippen LogP contribution in [0.5, 0.6) is 0 Å². The molecule has 0 aliphatic heterocycles. The van der Waals surface area contributed by atoms with Gasteiger partial charge in [0.1, 0.15) is 5.78 Å². The quantitative estimate of drug-likeness (QED) is 0.564. The summed E-state index contributed by atoms with van der Waals surface area (Å²) in [6.07, 6.45) is 0. The first-order chi connectivity index (χ1) is 4.68. The molecule has 0 aromatic rings. The van der Waals surface area contributed by atoms with Crippen molar-refractivity contribution in [2.75, 3.05) is 19.8 Å². The van der Waals surface area contributed by atoms with E-state index >= 15 is 0 Å². The van der Waals surface area contributed by atoms with Crippen molar-refractivity contribution < 1.29 is 14.6 Å². The number of carbonyl (C=O) groups is 1. The second-order valence-corrected chi connectivity index (χ2v) is 2.31. The first-order valence-corrected chi connectivity index (χ1v) is 3.37. The molecule has 0 radical (unpaired) electrons. The van der Waals surface area contributed by atoms with Crippen molar-refractivity contribution in [2.45, 2.75) is 13.8 Å². The van der Waals surface area contributed by atoms with Crippen LogP contribution in [0.1, 0.15) is 13.8 Å². The molecule has 0 aliphatic carbocycles. The number of ketones is 1. The fraction of sp³-hybridized carbons (Fsp3) is 0.857. The number of Topliss-reactive ketones (excluding diaryl/α,β-unsaturated/α-hetero) is 1. The molecular formula is C7H14O3. The normalized spacial score (nSPS) is 13.1. The van der Waals surface area contributed by atoms with Gasteiger partial charge in [0.2, 0.25) is 0 Å². The fourth-order valence-electron chi connectivity index (χ4n) is 0.442. The van der Waals surface area contributed by atoms with Crippen molar-refractivity contribution in [3.63, 3.8) is 0 Å². The minimum Gasteiger partial charge on any atom is -0.394 e. The van der Waals surface area contributed by atoms with Gasteiger partial charge in [0.05, 0.1) is 19.8 Å². The van der Waals surface area contributed by atoms with Crippen molar-refractivity contribution in [2.24, 2.45) is 5.92 Å². The summed E-state index contributed by atoms with van der Waals surface area (Å²) in [5.74, 6) is 0.0736. The van der Waals surface area contributed by atoms with E-state index < -0.39 is 0 Å². The van der Waals surface area contributed by atoms with Crippen molar-refractivity contribution in [1.82, 2.24) is 0 Å². The number of aliphatic hydroxyl groups is 1. The van der Waals surface area contributed by atoms with Crippen LogP contribution in [-0.2, 0) is 9.53 Å². The summed E-state index contributed by atoms with van der Waals surface area (Å²) in [7, 11) is 0. The highest BCUT2D eigenvalue weighted by Gasteiger charge is 2.05. The molecule has 0 heterocycles. The zero-order valence-electron chi connectivity index (χ0n) is 6.46. The highest BCUT2D eigenvalue weighted by molar-refractivity contribution is 5.77. The Morgan fingerprint density at radius 2 is 2.30 bits per heavy atom. The van der Waals surface area contributed by atoms with Crippen LogP contribution >= 0.6 is 0 Å². The summed E-state index contributed by atoms with van der Waals surface area (Å²) in [6, 6.07) is 0. The van der Waals surface area contributed by atoms with Gasteiger partial charge in [-0.25, -0.2) is 0 Å². The third kappa shape index (κ3) is 4.47. The van der Waals surface area contributed by atoms with Gasteiger partial charge in [-0.1, -0.05) is 6.92 Å². The van der Waals surface area contributed by atoms with Gasteiger partial charge in [0.25, 0.3) is 0 Å². The molecule has 0 rings (SSSR count). The molecule has 3 nitrogen and oxygen atoms in total. The number of hydrogen-bond acceptors (Lipinski definition) is 3. The molecular weight excluding hydrogens is 132 g/mol. The smallest absolute Gasteiger partial charge is 0.134 e. The minimum atomic E-state index is -0.0495. The van der Waals surface area contributed by atoms with Crippen LogP contribution < -0.4 is 0 Å². The monoisotopic (exact) mass is 146 g/mol. The molecule has 0 spiro atoms. The molecule has 0 aliphatic rings. The average Bonchev–Trinajstić information content (AvgIpc) is 1.88. The number of aliphatic hydroxyl groups excluding tert-OH is 1. The van der Waals surface area contributed by atoms with E-state index in [1.165, 1.54) is 6.92 Å². The van der Waals surface area contributed by atoms with E-state index in [0.29, 0.717) is 13.2 Å². The number of rotatable bonds is 5. The Morgan fingerprint density at radius 1 is 1.70 bits per heavy atom. The Bertz CT molecular complexity index is 101. The molecule has 0 aromatic heterocycles. The van der Waals surface area contributed by atoms with Crippen molar-refractivity contribution >= 4 is 5.78 Å². The minimum absolute atomic E-state index is 0.0185. The fourth-order valence-corrected chi connectivity index (χ4v) is 0.442. The van der Waals surface area contributed by atoms with Crippen LogP contribution in [0.15, 0.2) is 0 Å². The molecule has 3 heteroatoms. The Hall–Kier alpha value is -0.410. The van der Waals surface area contributed by atoms with Crippen molar-refractivity contribution in [3.05, 3.63) is 0 Å². The van der Waals surface area contributed by atoms with Gasteiger partial charge < -0.3 is 9.84 Å². The lowest BCUT2D eigenvalue weighted by molar-refractivity contribution is -0.122. The predicted molar refractivity (Wildman–Crippen MR) is 37.7 cm³/mol. The number of carbonyl (C=O) groups excluding carboxylic acids is 1. The van der Waals surface area contributed by atoms with Gasteiger partial charge in [-0.15, -0.1) is 0 Å². The SMILES string of the molecule is CC(=O)C(C)COCCO. The first kappa shape index (κ1) is 9.59. The molecule has 0 saturated heterocycles. The molecule has 0 bridgehead atoms. The largest absolute Gasteiger partial charge is 0.394 e. The van der Waals surface area contributed by atoms with E-state index in [4.69, 9.17) is 9.84 Å². The maximum absolute atomic E-state index is 10.6. The standard InChI is InChI=1S/C7H14O3/c1-6(7(2)9)5-10-4-3-8/h6,8H,3-5H2,1-2H3. The molecule has 0 fully saturated rings. The van der Waals surface area contributed by atoms with Crippen LogP contribution in [0.4, 0.5) is 0 Å². The van der Waals surface area contributed by atoms with Crippen LogP contribution in [0, 0.1) is 5.92 Å². The molecule has 1 atom stereocenters. The maximum Gasteiger partial charge on any atom is 0.134 e. The van der Waals surface area contributed by atoms with Gasteiger partial charge in [0.15, 0.2) is 0 Å². The summed E-state index contributed by atoms with van der Waals surface area (Å²) in [6.45, 7) is 4.09. The summed E-state index contributed by atoms with van der Waals surface area (Å²) >= 11 is 0. The molecule has 0 aromatic carbocycles. The van der Waals surface area contributed by atoms with Crippen LogP contribution in [0.2, 0.25) is 0 Å². The van der Waals surface area contributed by atoms with E-state index in [1.807, 2.05) is 0 Å². The number of hydrogen-bond donors (Lipinski definition) is 1. The summed E-state index contributed by atoms with van der Waals surface area (Å²) in [4.78, 5) is 10.6. The summed E-state index contributed by atoms with van der Waals surface area (Å²) in [5, 5.41) is 8.31. The number of ether oxygens (including phenoxy) is 1. The molecule has 0 amide bonds. The van der Waals surface area contributed by atoms with Gasteiger partial charge >= 0.3 is 0 Å². The lowest BCUT2D eigenvalue weighted by Gasteiger charge is -2.06. The first-order valence-electron chi connectivity index (χ1n) is 3.37. The molecule has 10 heavy (non-hydrogen) atoms. The second kappa shape index (κ2) is 5.38. The average molecular weight is 146 g/mol. The highest BCUT2D eigenvalue weighted by atomic mass is 16.5. The Kier molecular flexibility index (Phi) is 5.16. The zero-order chi connectivity index (χ0) is 7.98. The van der Waals surface area contributed by atoms with E-state index in [-0.39, 0.29) is 18.3 Å². The van der Waals surface area contributed by atoms with Gasteiger partial charge in [-0.3, -0.25) is 4.79 Å². The van der Waals surface area contributed by atoms with E-state index in [1.54, 1.807) is 6.92 Å². The Balaban J connectivity index is 3.21. The van der Waals surface area contributed by atoms with E-state index in [9.17, 15) is 4.79 Å². The van der Waals surface area contributed by atoms with Gasteiger partial charge in [0, 0.05) is 5.92 Å². The summed E-state index contributed by atoms with van der Waals surface area (Å²) < 4.78 is 4.94. The van der Waals surface area contributed by atoms with Crippen molar-refractivity contribution in [3.8, 4) is 0 Å². The lowest BCUT2D eigenvalue weighted by atomic mass is 10.1. The molecule has 60 valence electrons. The molecule has 1 N–H and O–H groups in total. The topological polar surface area (TPSA) is 46.5 Å². The lowest BCUT2D eigenvalue weighted by Crippen LogP contribution is -2.15. The van der Waals surface area contributed by atoms with Crippen molar-refractivity contribution in [1.29, 1.82) is 0 Å². The van der Waals surface area contributed by atoms with Gasteiger partial charge in [-0.2, -0.15) is 0 Å². The van der Waals surface area contributed by atoms with E-state index in [0.717, 1.165) is 0 Å². The van der Waals surface area contributed by atoms with Crippen LogP contribution in [0.3, 0.4) is 0 Å².